The molecule has 0 aromatic rings. The first-order valence-electron chi connectivity index (χ1n) is 21.7. The van der Waals surface area contributed by atoms with E-state index in [0.717, 1.165) is 64.2 Å². The van der Waals surface area contributed by atoms with E-state index in [9.17, 15) is 19.0 Å². The van der Waals surface area contributed by atoms with Crippen LogP contribution >= 0.6 is 7.82 Å². The van der Waals surface area contributed by atoms with Crippen LogP contribution in [0.25, 0.3) is 0 Å². The van der Waals surface area contributed by atoms with Crippen molar-refractivity contribution >= 4 is 19.8 Å². The van der Waals surface area contributed by atoms with Gasteiger partial charge in [0.05, 0.1) is 27.7 Å². The van der Waals surface area contributed by atoms with Crippen LogP contribution in [0.1, 0.15) is 181 Å². The van der Waals surface area contributed by atoms with Crippen molar-refractivity contribution in [2.24, 2.45) is 0 Å². The van der Waals surface area contributed by atoms with E-state index >= 15 is 0 Å². The van der Waals surface area contributed by atoms with E-state index in [-0.39, 0.29) is 32.0 Å². The Labute approximate surface area is 331 Å². The summed E-state index contributed by atoms with van der Waals surface area (Å²) in [5, 5.41) is 0. The third-order valence-corrected chi connectivity index (χ3v) is 10.2. The third-order valence-electron chi connectivity index (χ3n) is 9.17. The predicted octanol–water partition coefficient (Wildman–Crippen LogP) is 12.1. The Morgan fingerprint density at radius 3 is 1.48 bits per heavy atom. The molecule has 0 fully saturated rings. The number of esters is 2. The van der Waals surface area contributed by atoms with Gasteiger partial charge >= 0.3 is 19.8 Å². The highest BCUT2D eigenvalue weighted by Gasteiger charge is 2.27. The van der Waals surface area contributed by atoms with E-state index in [4.69, 9.17) is 18.5 Å². The van der Waals surface area contributed by atoms with Crippen molar-refractivity contribution in [2.75, 3.05) is 47.5 Å². The van der Waals surface area contributed by atoms with Gasteiger partial charge in [0, 0.05) is 12.8 Å². The molecule has 0 spiro atoms. The summed E-state index contributed by atoms with van der Waals surface area (Å²) in [4.78, 5) is 35.0. The van der Waals surface area contributed by atoms with Crippen LogP contribution in [0.2, 0.25) is 0 Å². The van der Waals surface area contributed by atoms with Gasteiger partial charge in [0.15, 0.2) is 6.10 Å². The van der Waals surface area contributed by atoms with E-state index < -0.39 is 26.5 Å². The molecule has 2 unspecified atom stereocenters. The molecule has 0 saturated heterocycles. The van der Waals surface area contributed by atoms with Crippen molar-refractivity contribution in [1.29, 1.82) is 0 Å². The zero-order valence-electron chi connectivity index (χ0n) is 35.5. The molecule has 0 heterocycles. The van der Waals surface area contributed by atoms with E-state index in [2.05, 4.69) is 50.3 Å². The number of likely N-dealkylation sites (N-methyl/N-ethyl adjacent to an activating group) is 1. The van der Waals surface area contributed by atoms with Gasteiger partial charge in [0.25, 0.3) is 0 Å². The fourth-order valence-corrected chi connectivity index (χ4v) is 6.47. The lowest BCUT2D eigenvalue weighted by molar-refractivity contribution is -0.870. The topological polar surface area (TPSA) is 108 Å². The van der Waals surface area contributed by atoms with E-state index in [0.29, 0.717) is 17.4 Å². The Morgan fingerprint density at radius 1 is 0.574 bits per heavy atom. The van der Waals surface area contributed by atoms with Crippen molar-refractivity contribution < 1.29 is 42.1 Å². The molecule has 10 heteroatoms. The van der Waals surface area contributed by atoms with Crippen LogP contribution in [0.3, 0.4) is 0 Å². The lowest BCUT2D eigenvalue weighted by Crippen LogP contribution is -2.37. The Bertz CT molecular complexity index is 1020. The van der Waals surface area contributed by atoms with Crippen LogP contribution in [0.4, 0.5) is 0 Å². The molecule has 0 rings (SSSR count). The molecule has 0 aromatic heterocycles. The van der Waals surface area contributed by atoms with Crippen molar-refractivity contribution in [1.82, 2.24) is 0 Å². The minimum absolute atomic E-state index is 0.0309. The van der Waals surface area contributed by atoms with Crippen LogP contribution < -0.4 is 0 Å². The number of hydrogen-bond donors (Lipinski definition) is 1. The van der Waals surface area contributed by atoms with E-state index in [1.54, 1.807) is 0 Å². The van der Waals surface area contributed by atoms with Crippen LogP contribution in [0.5, 0.6) is 0 Å². The molecule has 316 valence electrons. The van der Waals surface area contributed by atoms with E-state index in [1.807, 2.05) is 21.1 Å². The maximum Gasteiger partial charge on any atom is 0.472 e. The van der Waals surface area contributed by atoms with E-state index in [1.165, 1.54) is 83.5 Å². The Hall–Kier alpha value is -1.77. The fourth-order valence-electron chi connectivity index (χ4n) is 5.73. The van der Waals surface area contributed by atoms with Crippen LogP contribution in [0, 0.1) is 0 Å². The maximum absolute atomic E-state index is 12.6. The molecule has 1 N–H and O–H groups in total. The standard InChI is InChI=1S/C44H82NO8P/c1-6-8-10-12-13-14-15-16-17-18-19-20-21-22-23-24-25-26-27-28-29-30-31-33-35-37-44(47)53-42(40-50-43(46)36-34-32-11-9-7-2)41-52-54(48,49)51-39-38-45(3,4)5/h15-16,18-19,21-22,42H,6-14,17,20,23-41H2,1-5H3/p+1/b16-15-,19-18-,22-21-. The first-order chi connectivity index (χ1) is 26.0. The average Bonchev–Trinajstić information content (AvgIpc) is 3.12. The molecule has 0 amide bonds. The number of unbranched alkanes of at least 4 members (excludes halogenated alkanes) is 19. The molecule has 0 bridgehead atoms. The van der Waals surface area contributed by atoms with Gasteiger partial charge in [-0.15, -0.1) is 0 Å². The first-order valence-corrected chi connectivity index (χ1v) is 23.2. The molecule has 0 aromatic carbocycles. The quantitative estimate of drug-likeness (QED) is 0.0216. The van der Waals surface area contributed by atoms with Crippen LogP contribution in [0.15, 0.2) is 36.5 Å². The number of rotatable bonds is 39. The molecular weight excluding hydrogens is 701 g/mol. The second-order valence-corrected chi connectivity index (χ2v) is 17.2. The number of allylic oxidation sites excluding steroid dienone is 6. The number of nitrogens with zero attached hydrogens (tertiary/aromatic N) is 1. The molecule has 0 aliphatic heterocycles. The molecule has 0 aliphatic rings. The third kappa shape index (κ3) is 39.9. The number of hydrogen-bond acceptors (Lipinski definition) is 7. The Morgan fingerprint density at radius 2 is 1.00 bits per heavy atom. The number of phosphoric ester groups is 1. The Kier molecular flexibility index (Phi) is 35.6. The van der Waals surface area contributed by atoms with Crippen molar-refractivity contribution in [3.63, 3.8) is 0 Å². The van der Waals surface area contributed by atoms with Crippen molar-refractivity contribution in [3.8, 4) is 0 Å². The number of carbonyl (C=O) groups excluding carboxylic acids is 2. The van der Waals surface area contributed by atoms with Gasteiger partial charge in [0.1, 0.15) is 19.8 Å². The summed E-state index contributed by atoms with van der Waals surface area (Å²) in [6.07, 6.45) is 41.0. The molecular formula is C44H83NO8P+. The monoisotopic (exact) mass is 785 g/mol. The summed E-state index contributed by atoms with van der Waals surface area (Å²) in [6, 6.07) is 0. The highest BCUT2D eigenvalue weighted by atomic mass is 31.2. The molecule has 2 atom stereocenters. The highest BCUT2D eigenvalue weighted by Crippen LogP contribution is 2.43. The largest absolute Gasteiger partial charge is 0.472 e. The van der Waals surface area contributed by atoms with Gasteiger partial charge < -0.3 is 18.9 Å². The van der Waals surface area contributed by atoms with Gasteiger partial charge in [-0.3, -0.25) is 18.6 Å². The fraction of sp³-hybridized carbons (Fsp3) is 0.818. The second kappa shape index (κ2) is 36.8. The first kappa shape index (κ1) is 52.2. The summed E-state index contributed by atoms with van der Waals surface area (Å²) < 4.78 is 34.0. The zero-order valence-corrected chi connectivity index (χ0v) is 36.3. The molecule has 0 radical (unpaired) electrons. The van der Waals surface area contributed by atoms with Gasteiger partial charge in [-0.2, -0.15) is 0 Å². The highest BCUT2D eigenvalue weighted by molar-refractivity contribution is 7.47. The Balaban J connectivity index is 4.10. The van der Waals surface area contributed by atoms with Crippen molar-refractivity contribution in [2.45, 2.75) is 187 Å². The predicted molar refractivity (Wildman–Crippen MR) is 224 cm³/mol. The smallest absolute Gasteiger partial charge is 0.462 e. The number of ether oxygens (including phenoxy) is 2. The summed E-state index contributed by atoms with van der Waals surface area (Å²) in [5.74, 6) is -0.816. The molecule has 0 saturated carbocycles. The summed E-state index contributed by atoms with van der Waals surface area (Å²) in [6.45, 7) is 4.31. The van der Waals surface area contributed by atoms with Crippen LogP contribution in [-0.2, 0) is 32.7 Å². The minimum atomic E-state index is -4.36. The SMILES string of the molecule is CCCCCCC/C=C\C/C=C\C/C=C\CCCCCCCCCCCCC(=O)OC(COC(=O)CCCCCCC)COP(=O)(O)OCC[N+](C)(C)C. The normalized spacial score (nSPS) is 14.0. The number of quaternary nitrogens is 1. The molecule has 54 heavy (non-hydrogen) atoms. The summed E-state index contributed by atoms with van der Waals surface area (Å²) >= 11 is 0. The van der Waals surface area contributed by atoms with Gasteiger partial charge in [-0.05, 0) is 51.4 Å². The average molecular weight is 785 g/mol. The second-order valence-electron chi connectivity index (χ2n) is 15.7. The molecule has 9 nitrogen and oxygen atoms in total. The lowest BCUT2D eigenvalue weighted by atomic mass is 10.0. The van der Waals surface area contributed by atoms with Crippen molar-refractivity contribution in [3.05, 3.63) is 36.5 Å². The summed E-state index contributed by atoms with van der Waals surface area (Å²) in [5.41, 5.74) is 0. The lowest BCUT2D eigenvalue weighted by Gasteiger charge is -2.24. The summed E-state index contributed by atoms with van der Waals surface area (Å²) in [7, 11) is 1.47. The number of phosphoric acid groups is 1. The number of carbonyl (C=O) groups is 2. The minimum Gasteiger partial charge on any atom is -0.462 e. The van der Waals surface area contributed by atoms with Gasteiger partial charge in [-0.1, -0.05) is 153 Å². The van der Waals surface area contributed by atoms with Gasteiger partial charge in [-0.25, -0.2) is 4.57 Å². The van der Waals surface area contributed by atoms with Gasteiger partial charge in [0.2, 0.25) is 0 Å². The van der Waals surface area contributed by atoms with Crippen LogP contribution in [-0.4, -0.2) is 74.9 Å². The maximum atomic E-state index is 12.6. The zero-order chi connectivity index (χ0) is 40.0. The molecule has 0 aliphatic carbocycles.